The second-order valence-electron chi connectivity index (χ2n) is 4.07. The van der Waals surface area contributed by atoms with Crippen LogP contribution in [0.3, 0.4) is 0 Å². The van der Waals surface area contributed by atoms with Crippen LogP contribution in [-0.2, 0) is 0 Å². The zero-order valence-corrected chi connectivity index (χ0v) is 12.6. The SMILES string of the molecule is CCNc1ccc([N+](=O)[O-])c(Nc2c(Cl)cccc2Cl)n1. The van der Waals surface area contributed by atoms with Gasteiger partial charge in [0.1, 0.15) is 5.82 Å². The van der Waals surface area contributed by atoms with Crippen LogP contribution in [0.1, 0.15) is 6.92 Å². The smallest absolute Gasteiger partial charge is 0.311 e. The topological polar surface area (TPSA) is 80.1 Å². The number of para-hydroxylation sites is 1. The fourth-order valence-corrected chi connectivity index (χ4v) is 2.20. The van der Waals surface area contributed by atoms with Crippen molar-refractivity contribution in [3.8, 4) is 0 Å². The lowest BCUT2D eigenvalue weighted by atomic mass is 10.3. The van der Waals surface area contributed by atoms with Gasteiger partial charge < -0.3 is 10.6 Å². The Kier molecular flexibility index (Phi) is 4.82. The van der Waals surface area contributed by atoms with E-state index in [0.29, 0.717) is 28.1 Å². The Morgan fingerprint density at radius 2 is 1.90 bits per heavy atom. The summed E-state index contributed by atoms with van der Waals surface area (Å²) in [7, 11) is 0. The quantitative estimate of drug-likeness (QED) is 0.625. The van der Waals surface area contributed by atoms with Crippen LogP contribution in [0.25, 0.3) is 0 Å². The lowest BCUT2D eigenvalue weighted by molar-refractivity contribution is -0.384. The normalized spacial score (nSPS) is 10.2. The summed E-state index contributed by atoms with van der Waals surface area (Å²) >= 11 is 12.1. The first-order chi connectivity index (χ1) is 10.0. The Bertz CT molecular complexity index is 659. The van der Waals surface area contributed by atoms with Crippen LogP contribution in [0.4, 0.5) is 23.0 Å². The second kappa shape index (κ2) is 6.60. The average Bonchev–Trinajstić information content (AvgIpc) is 2.43. The highest BCUT2D eigenvalue weighted by Gasteiger charge is 2.18. The first kappa shape index (κ1) is 15.3. The fraction of sp³-hybridized carbons (Fsp3) is 0.154. The number of halogens is 2. The second-order valence-corrected chi connectivity index (χ2v) is 4.89. The molecule has 0 atom stereocenters. The molecule has 1 heterocycles. The summed E-state index contributed by atoms with van der Waals surface area (Å²) in [6.07, 6.45) is 0. The molecule has 0 fully saturated rings. The number of aromatic nitrogens is 1. The van der Waals surface area contributed by atoms with Crippen molar-refractivity contribution in [1.82, 2.24) is 4.98 Å². The summed E-state index contributed by atoms with van der Waals surface area (Å²) in [4.78, 5) is 14.8. The maximum atomic E-state index is 11.1. The van der Waals surface area contributed by atoms with Gasteiger partial charge in [0.2, 0.25) is 5.82 Å². The van der Waals surface area contributed by atoms with Crippen molar-refractivity contribution in [2.24, 2.45) is 0 Å². The van der Waals surface area contributed by atoms with Crippen molar-refractivity contribution in [2.45, 2.75) is 6.92 Å². The molecule has 2 rings (SSSR count). The number of pyridine rings is 1. The minimum atomic E-state index is -0.518. The van der Waals surface area contributed by atoms with Gasteiger partial charge in [-0.25, -0.2) is 4.98 Å². The zero-order valence-electron chi connectivity index (χ0n) is 11.1. The molecule has 0 saturated carbocycles. The molecule has 21 heavy (non-hydrogen) atoms. The van der Waals surface area contributed by atoms with Gasteiger partial charge in [-0.15, -0.1) is 0 Å². The average molecular weight is 327 g/mol. The number of benzene rings is 1. The Balaban J connectivity index is 2.46. The summed E-state index contributed by atoms with van der Waals surface area (Å²) in [5.41, 5.74) is 0.220. The molecule has 1 aromatic heterocycles. The van der Waals surface area contributed by atoms with Crippen LogP contribution in [0.2, 0.25) is 10.0 Å². The van der Waals surface area contributed by atoms with Gasteiger partial charge in [0.25, 0.3) is 0 Å². The van der Waals surface area contributed by atoms with E-state index in [1.54, 1.807) is 24.3 Å². The number of nitrogens with zero attached hydrogens (tertiary/aromatic N) is 2. The van der Waals surface area contributed by atoms with Crippen molar-refractivity contribution in [1.29, 1.82) is 0 Å². The van der Waals surface area contributed by atoms with Crippen molar-refractivity contribution in [3.63, 3.8) is 0 Å². The van der Waals surface area contributed by atoms with Gasteiger partial charge in [-0.05, 0) is 25.1 Å². The largest absolute Gasteiger partial charge is 0.370 e. The molecule has 2 N–H and O–H groups in total. The van der Waals surface area contributed by atoms with Gasteiger partial charge in [0.15, 0.2) is 0 Å². The maximum Gasteiger partial charge on any atom is 0.311 e. The third kappa shape index (κ3) is 3.53. The Morgan fingerprint density at radius 1 is 1.24 bits per heavy atom. The molecular formula is C13H12Cl2N4O2. The van der Waals surface area contributed by atoms with Crippen molar-refractivity contribution >= 4 is 46.2 Å². The van der Waals surface area contributed by atoms with Gasteiger partial charge in [-0.2, -0.15) is 0 Å². The molecule has 2 aromatic rings. The molecule has 0 spiro atoms. The fourth-order valence-electron chi connectivity index (χ4n) is 1.71. The van der Waals surface area contributed by atoms with Crippen LogP contribution < -0.4 is 10.6 Å². The van der Waals surface area contributed by atoms with Crippen LogP contribution in [0, 0.1) is 10.1 Å². The van der Waals surface area contributed by atoms with E-state index in [1.807, 2.05) is 6.92 Å². The summed E-state index contributed by atoms with van der Waals surface area (Å²) in [6.45, 7) is 2.55. The van der Waals surface area contributed by atoms with Gasteiger partial charge in [0.05, 0.1) is 20.7 Å². The monoisotopic (exact) mass is 326 g/mol. The van der Waals surface area contributed by atoms with E-state index in [2.05, 4.69) is 15.6 Å². The standard InChI is InChI=1S/C13H12Cl2N4O2/c1-2-16-11-7-6-10(19(20)21)13(17-11)18-12-8(14)4-3-5-9(12)15/h3-7H,2H2,1H3,(H2,16,17,18). The van der Waals surface area contributed by atoms with Gasteiger partial charge in [0, 0.05) is 12.6 Å². The van der Waals surface area contributed by atoms with E-state index in [4.69, 9.17) is 23.2 Å². The minimum absolute atomic E-state index is 0.0773. The number of nitro groups is 1. The zero-order chi connectivity index (χ0) is 15.4. The molecule has 110 valence electrons. The van der Waals surface area contributed by atoms with Crippen molar-refractivity contribution in [2.75, 3.05) is 17.2 Å². The molecule has 0 aliphatic rings. The van der Waals surface area contributed by atoms with Crippen LogP contribution in [0.15, 0.2) is 30.3 Å². The number of rotatable bonds is 5. The Hall–Kier alpha value is -2.05. The molecule has 0 bridgehead atoms. The minimum Gasteiger partial charge on any atom is -0.370 e. The van der Waals surface area contributed by atoms with E-state index >= 15 is 0 Å². The van der Waals surface area contributed by atoms with E-state index in [9.17, 15) is 10.1 Å². The van der Waals surface area contributed by atoms with Crippen molar-refractivity contribution < 1.29 is 4.92 Å². The summed E-state index contributed by atoms with van der Waals surface area (Å²) in [5.74, 6) is 0.599. The van der Waals surface area contributed by atoms with Gasteiger partial charge >= 0.3 is 5.69 Å². The first-order valence-corrected chi connectivity index (χ1v) is 6.89. The highest BCUT2D eigenvalue weighted by Crippen LogP contribution is 2.35. The molecule has 8 heteroatoms. The summed E-state index contributed by atoms with van der Waals surface area (Å²) < 4.78 is 0. The number of anilines is 3. The molecule has 0 saturated heterocycles. The number of hydrogen-bond acceptors (Lipinski definition) is 5. The Labute approximate surface area is 131 Å². The van der Waals surface area contributed by atoms with E-state index in [-0.39, 0.29) is 11.5 Å². The van der Waals surface area contributed by atoms with Crippen LogP contribution in [0.5, 0.6) is 0 Å². The highest BCUT2D eigenvalue weighted by molar-refractivity contribution is 6.39. The maximum absolute atomic E-state index is 11.1. The highest BCUT2D eigenvalue weighted by atomic mass is 35.5. The summed E-state index contributed by atoms with van der Waals surface area (Å²) in [6, 6.07) is 7.87. The number of nitrogens with one attached hydrogen (secondary N) is 2. The van der Waals surface area contributed by atoms with Gasteiger partial charge in [-0.3, -0.25) is 10.1 Å². The van der Waals surface area contributed by atoms with Crippen LogP contribution in [-0.4, -0.2) is 16.5 Å². The van der Waals surface area contributed by atoms with E-state index in [1.165, 1.54) is 6.07 Å². The Morgan fingerprint density at radius 3 is 2.48 bits per heavy atom. The van der Waals surface area contributed by atoms with Crippen LogP contribution >= 0.6 is 23.2 Å². The lowest BCUT2D eigenvalue weighted by Crippen LogP contribution is -2.05. The molecule has 0 aliphatic heterocycles. The van der Waals surface area contributed by atoms with E-state index < -0.39 is 4.92 Å². The molecule has 0 aliphatic carbocycles. The van der Waals surface area contributed by atoms with Gasteiger partial charge in [-0.1, -0.05) is 29.3 Å². The molecule has 6 nitrogen and oxygen atoms in total. The summed E-state index contributed by atoms with van der Waals surface area (Å²) in [5, 5.41) is 17.6. The van der Waals surface area contributed by atoms with Crippen molar-refractivity contribution in [3.05, 3.63) is 50.5 Å². The lowest BCUT2D eigenvalue weighted by Gasteiger charge is -2.11. The first-order valence-electron chi connectivity index (χ1n) is 6.13. The molecule has 0 radical (unpaired) electrons. The molecular weight excluding hydrogens is 315 g/mol. The molecule has 1 aromatic carbocycles. The third-order valence-electron chi connectivity index (χ3n) is 2.63. The predicted octanol–water partition coefficient (Wildman–Crippen LogP) is 4.47. The predicted molar refractivity (Wildman–Crippen MR) is 84.8 cm³/mol. The van der Waals surface area contributed by atoms with E-state index in [0.717, 1.165) is 0 Å². The molecule has 0 amide bonds. The molecule has 0 unspecified atom stereocenters. The third-order valence-corrected chi connectivity index (χ3v) is 3.26. The number of hydrogen-bond donors (Lipinski definition) is 2.